The van der Waals surface area contributed by atoms with E-state index < -0.39 is 0 Å². The average Bonchev–Trinajstić information content (AvgIpc) is 2.39. The highest BCUT2D eigenvalue weighted by Gasteiger charge is 2.32. The van der Waals surface area contributed by atoms with E-state index in [0.29, 0.717) is 0 Å². The summed E-state index contributed by atoms with van der Waals surface area (Å²) in [6.07, 6.45) is 5.50. The van der Waals surface area contributed by atoms with E-state index in [2.05, 4.69) is 40.5 Å². The van der Waals surface area contributed by atoms with Crippen LogP contribution in [0, 0.1) is 0 Å². The van der Waals surface area contributed by atoms with Crippen molar-refractivity contribution in [2.24, 2.45) is 0 Å². The summed E-state index contributed by atoms with van der Waals surface area (Å²) in [5.41, 5.74) is 1.40. The summed E-state index contributed by atoms with van der Waals surface area (Å²) < 4.78 is 0. The third-order valence-electron chi connectivity index (χ3n) is 3.98. The van der Waals surface area contributed by atoms with Gasteiger partial charge < -0.3 is 10.2 Å². The molecule has 2 aliphatic rings. The highest BCUT2D eigenvalue weighted by Crippen LogP contribution is 2.29. The van der Waals surface area contributed by atoms with Crippen molar-refractivity contribution < 1.29 is 0 Å². The standard InChI is InChI=1S/C14H20N2/c1-2-6-12(7-3-1)16-11-10-15-13-8-4-5-9-14(13)16/h1-3,6-7,13-15H,4-5,8-11H2/t13-,14-/m1/s1. The van der Waals surface area contributed by atoms with Gasteiger partial charge in [0.2, 0.25) is 0 Å². The van der Waals surface area contributed by atoms with Gasteiger partial charge in [-0.1, -0.05) is 31.0 Å². The lowest BCUT2D eigenvalue weighted by atomic mass is 9.87. The number of rotatable bonds is 1. The molecule has 16 heavy (non-hydrogen) atoms. The number of nitrogens with zero attached hydrogens (tertiary/aromatic N) is 1. The number of benzene rings is 1. The van der Waals surface area contributed by atoms with Crippen molar-refractivity contribution in [3.8, 4) is 0 Å². The molecular formula is C14H20N2. The number of nitrogens with one attached hydrogen (secondary N) is 1. The second-order valence-corrected chi connectivity index (χ2v) is 4.94. The Hall–Kier alpha value is -1.02. The first kappa shape index (κ1) is 10.2. The molecule has 0 amide bonds. The Kier molecular flexibility index (Phi) is 2.83. The molecule has 0 aromatic heterocycles. The lowest BCUT2D eigenvalue weighted by Crippen LogP contribution is -2.59. The van der Waals surface area contributed by atoms with Crippen LogP contribution in [0.25, 0.3) is 0 Å². The molecule has 0 unspecified atom stereocenters. The summed E-state index contributed by atoms with van der Waals surface area (Å²) in [7, 11) is 0. The van der Waals surface area contributed by atoms with Crippen molar-refractivity contribution in [3.63, 3.8) is 0 Å². The number of fused-ring (bicyclic) bond motifs is 1. The first-order valence-electron chi connectivity index (χ1n) is 6.50. The molecule has 2 atom stereocenters. The summed E-state index contributed by atoms with van der Waals surface area (Å²) in [5.74, 6) is 0. The van der Waals surface area contributed by atoms with E-state index >= 15 is 0 Å². The normalized spacial score (nSPS) is 29.9. The highest BCUT2D eigenvalue weighted by atomic mass is 15.2. The van der Waals surface area contributed by atoms with Crippen molar-refractivity contribution >= 4 is 5.69 Å². The Morgan fingerprint density at radius 3 is 2.75 bits per heavy atom. The van der Waals surface area contributed by atoms with Crippen LogP contribution >= 0.6 is 0 Å². The van der Waals surface area contributed by atoms with Gasteiger partial charge in [-0.25, -0.2) is 0 Å². The lowest BCUT2D eigenvalue weighted by molar-refractivity contribution is 0.284. The Morgan fingerprint density at radius 1 is 1.06 bits per heavy atom. The molecule has 1 aliphatic carbocycles. The Bertz CT molecular complexity index is 334. The van der Waals surface area contributed by atoms with Gasteiger partial charge in [-0.3, -0.25) is 0 Å². The fraction of sp³-hybridized carbons (Fsp3) is 0.571. The molecule has 2 nitrogen and oxygen atoms in total. The molecule has 1 heterocycles. The predicted molar refractivity (Wildman–Crippen MR) is 67.8 cm³/mol. The van der Waals surface area contributed by atoms with E-state index in [1.165, 1.54) is 31.4 Å². The van der Waals surface area contributed by atoms with Gasteiger partial charge in [0.15, 0.2) is 0 Å². The molecule has 2 fully saturated rings. The predicted octanol–water partition coefficient (Wildman–Crippen LogP) is 2.41. The van der Waals surface area contributed by atoms with Crippen molar-refractivity contribution in [1.29, 1.82) is 0 Å². The Labute approximate surface area is 97.6 Å². The van der Waals surface area contributed by atoms with Crippen LogP contribution in [0.4, 0.5) is 5.69 Å². The Balaban J connectivity index is 1.83. The minimum absolute atomic E-state index is 0.725. The second kappa shape index (κ2) is 4.46. The monoisotopic (exact) mass is 216 g/mol. The molecule has 0 bridgehead atoms. The van der Waals surface area contributed by atoms with Crippen molar-refractivity contribution in [3.05, 3.63) is 30.3 Å². The maximum atomic E-state index is 3.68. The summed E-state index contributed by atoms with van der Waals surface area (Å²) in [4.78, 5) is 2.61. The smallest absolute Gasteiger partial charge is 0.0443 e. The van der Waals surface area contributed by atoms with Crippen LogP contribution in [0.15, 0.2) is 30.3 Å². The number of piperazine rings is 1. The second-order valence-electron chi connectivity index (χ2n) is 4.94. The SMILES string of the molecule is c1ccc(N2CCN[C@@H]3CCCC[C@H]32)cc1. The molecular weight excluding hydrogens is 196 g/mol. The van der Waals surface area contributed by atoms with E-state index in [4.69, 9.17) is 0 Å². The van der Waals surface area contributed by atoms with Gasteiger partial charge >= 0.3 is 0 Å². The molecule has 1 aromatic rings. The van der Waals surface area contributed by atoms with Gasteiger partial charge in [-0.2, -0.15) is 0 Å². The van der Waals surface area contributed by atoms with E-state index in [0.717, 1.165) is 25.2 Å². The third-order valence-corrected chi connectivity index (χ3v) is 3.98. The molecule has 1 N–H and O–H groups in total. The summed E-state index contributed by atoms with van der Waals surface area (Å²) in [6, 6.07) is 12.3. The van der Waals surface area contributed by atoms with Crippen molar-refractivity contribution in [1.82, 2.24) is 5.32 Å². The number of anilines is 1. The van der Waals surface area contributed by atoms with Crippen LogP contribution in [0.1, 0.15) is 25.7 Å². The summed E-state index contributed by atoms with van der Waals surface area (Å²) in [6.45, 7) is 2.29. The van der Waals surface area contributed by atoms with Gasteiger partial charge in [-0.05, 0) is 25.0 Å². The van der Waals surface area contributed by atoms with Gasteiger partial charge in [0.05, 0.1) is 0 Å². The fourth-order valence-electron chi connectivity index (χ4n) is 3.20. The molecule has 1 aromatic carbocycles. The number of para-hydroxylation sites is 1. The molecule has 1 saturated heterocycles. The third kappa shape index (κ3) is 1.82. The zero-order chi connectivity index (χ0) is 10.8. The van der Waals surface area contributed by atoms with Crippen LogP contribution in [-0.4, -0.2) is 25.2 Å². The van der Waals surface area contributed by atoms with E-state index in [1.807, 2.05) is 0 Å². The first-order valence-corrected chi connectivity index (χ1v) is 6.50. The zero-order valence-electron chi connectivity index (χ0n) is 9.73. The summed E-state index contributed by atoms with van der Waals surface area (Å²) >= 11 is 0. The van der Waals surface area contributed by atoms with E-state index in [-0.39, 0.29) is 0 Å². The van der Waals surface area contributed by atoms with Crippen LogP contribution in [-0.2, 0) is 0 Å². The van der Waals surface area contributed by atoms with E-state index in [1.54, 1.807) is 0 Å². The van der Waals surface area contributed by atoms with Crippen LogP contribution in [0.2, 0.25) is 0 Å². The van der Waals surface area contributed by atoms with Crippen LogP contribution in [0.5, 0.6) is 0 Å². The lowest BCUT2D eigenvalue weighted by Gasteiger charge is -2.46. The molecule has 0 spiro atoms. The molecule has 86 valence electrons. The first-order chi connectivity index (χ1) is 7.95. The largest absolute Gasteiger partial charge is 0.366 e. The maximum Gasteiger partial charge on any atom is 0.0443 e. The minimum atomic E-state index is 0.725. The number of hydrogen-bond donors (Lipinski definition) is 1. The molecule has 3 rings (SSSR count). The van der Waals surface area contributed by atoms with Crippen LogP contribution in [0.3, 0.4) is 0 Å². The average molecular weight is 216 g/mol. The topological polar surface area (TPSA) is 15.3 Å². The molecule has 2 heteroatoms. The quantitative estimate of drug-likeness (QED) is 0.775. The van der Waals surface area contributed by atoms with E-state index in [9.17, 15) is 0 Å². The fourth-order valence-corrected chi connectivity index (χ4v) is 3.20. The highest BCUT2D eigenvalue weighted by molar-refractivity contribution is 5.48. The van der Waals surface area contributed by atoms with Crippen molar-refractivity contribution in [2.75, 3.05) is 18.0 Å². The Morgan fingerprint density at radius 2 is 1.88 bits per heavy atom. The van der Waals surface area contributed by atoms with Crippen LogP contribution < -0.4 is 10.2 Å². The number of hydrogen-bond acceptors (Lipinski definition) is 2. The zero-order valence-corrected chi connectivity index (χ0v) is 9.73. The van der Waals surface area contributed by atoms with Gasteiger partial charge in [0.1, 0.15) is 0 Å². The minimum Gasteiger partial charge on any atom is -0.366 e. The maximum absolute atomic E-state index is 3.68. The molecule has 1 aliphatic heterocycles. The molecule has 1 saturated carbocycles. The van der Waals surface area contributed by atoms with Gasteiger partial charge in [-0.15, -0.1) is 0 Å². The van der Waals surface area contributed by atoms with Gasteiger partial charge in [0.25, 0.3) is 0 Å². The van der Waals surface area contributed by atoms with Crippen molar-refractivity contribution in [2.45, 2.75) is 37.8 Å². The summed E-state index contributed by atoms with van der Waals surface area (Å²) in [5, 5.41) is 3.68. The molecule has 0 radical (unpaired) electrons. The van der Waals surface area contributed by atoms with Gasteiger partial charge in [0, 0.05) is 30.9 Å².